The smallest absolute Gasteiger partial charge is 0.192 e. The van der Waals surface area contributed by atoms with Crippen LogP contribution in [0.3, 0.4) is 0 Å². The maximum absolute atomic E-state index is 8.84. The predicted molar refractivity (Wildman–Crippen MR) is 110 cm³/mol. The van der Waals surface area contributed by atoms with Crippen molar-refractivity contribution in [3.8, 4) is 0 Å². The van der Waals surface area contributed by atoms with Crippen LogP contribution in [0.2, 0.25) is 18.1 Å². The molecule has 2 aliphatic rings. The van der Waals surface area contributed by atoms with Crippen LogP contribution in [-0.4, -0.2) is 50.8 Å². The lowest BCUT2D eigenvalue weighted by molar-refractivity contribution is 0.194. The molecule has 0 bridgehead atoms. The summed E-state index contributed by atoms with van der Waals surface area (Å²) >= 11 is 0. The fourth-order valence-electron chi connectivity index (χ4n) is 2.49. The zero-order chi connectivity index (χ0) is 19.0. The highest BCUT2D eigenvalue weighted by molar-refractivity contribution is 6.74. The summed E-state index contributed by atoms with van der Waals surface area (Å²) in [6.07, 6.45) is 2.45. The molecule has 5 heteroatoms. The van der Waals surface area contributed by atoms with Crippen molar-refractivity contribution in [3.05, 3.63) is 0 Å². The first-order valence-electron chi connectivity index (χ1n) is 9.75. The summed E-state index contributed by atoms with van der Waals surface area (Å²) in [4.78, 5) is 0. The van der Waals surface area contributed by atoms with E-state index in [1.165, 1.54) is 6.42 Å². The van der Waals surface area contributed by atoms with Crippen molar-refractivity contribution in [3.63, 3.8) is 0 Å². The second-order valence-corrected chi connectivity index (χ2v) is 13.0. The molecule has 4 atom stereocenters. The Morgan fingerprint density at radius 3 is 1.79 bits per heavy atom. The first-order chi connectivity index (χ1) is 10.9. The van der Waals surface area contributed by atoms with Gasteiger partial charge in [-0.1, -0.05) is 42.0 Å². The van der Waals surface area contributed by atoms with Gasteiger partial charge in [0.2, 0.25) is 0 Å². The van der Waals surface area contributed by atoms with Crippen molar-refractivity contribution in [1.29, 1.82) is 0 Å². The molecule has 24 heavy (non-hydrogen) atoms. The second kappa shape index (κ2) is 11.6. The number of β-amino-alcohol motifs (C(OH)–C–C–N with tert-alkyl or cyclic N) is 1. The standard InChI is InChI=1S/C11H25NOSi.C5H11NO.C2H6.CH4/c1-9-7-10(8-12-9)13-14(5,6)11(2,3)4;1-4-2-5(7)3-6-4;1-2;/h9-10,12H,7-8H2,1-6H3;4-7H,2-3H2,1H3;1-2H3;1H4/t9-,10+;4-,5+;;/m00../s1/i;;1D;. The van der Waals surface area contributed by atoms with E-state index in [9.17, 15) is 0 Å². The van der Waals surface area contributed by atoms with E-state index in [4.69, 9.17) is 10.9 Å². The topological polar surface area (TPSA) is 53.5 Å². The van der Waals surface area contributed by atoms with Gasteiger partial charge in [0.05, 0.1) is 12.2 Å². The molecule has 0 amide bonds. The summed E-state index contributed by atoms with van der Waals surface area (Å²) in [6.45, 7) is 20.0. The average molecular weight is 364 g/mol. The monoisotopic (exact) mass is 363 g/mol. The Labute approximate surface area is 154 Å². The van der Waals surface area contributed by atoms with Gasteiger partial charge in [-0.05, 0) is 44.8 Å². The molecule has 0 aromatic carbocycles. The molecule has 2 rings (SSSR count). The zero-order valence-electron chi connectivity index (χ0n) is 17.7. The largest absolute Gasteiger partial charge is 0.413 e. The van der Waals surface area contributed by atoms with Gasteiger partial charge in [0.15, 0.2) is 8.32 Å². The Morgan fingerprint density at radius 1 is 1.08 bits per heavy atom. The van der Waals surface area contributed by atoms with Gasteiger partial charge < -0.3 is 20.2 Å². The first-order valence-corrected chi connectivity index (χ1v) is 12.0. The van der Waals surface area contributed by atoms with Gasteiger partial charge in [-0.3, -0.25) is 0 Å². The van der Waals surface area contributed by atoms with E-state index >= 15 is 0 Å². The summed E-state index contributed by atoms with van der Waals surface area (Å²) in [6, 6.07) is 1.15. The second-order valence-electron chi connectivity index (χ2n) is 8.24. The van der Waals surface area contributed by atoms with Gasteiger partial charge in [-0.25, -0.2) is 0 Å². The Morgan fingerprint density at radius 2 is 1.54 bits per heavy atom. The lowest BCUT2D eigenvalue weighted by Gasteiger charge is -2.38. The van der Waals surface area contributed by atoms with E-state index in [0.717, 1.165) is 19.5 Å². The SMILES string of the molecule is C.C[C@H]1C[C@@H](O)CN1.C[C@H]1C[C@@H](O[Si](C)(C)C(C)(C)C)CN1.[2H]CC. The molecule has 148 valence electrons. The minimum Gasteiger partial charge on any atom is -0.413 e. The summed E-state index contributed by atoms with van der Waals surface area (Å²) in [5, 5.41) is 15.7. The van der Waals surface area contributed by atoms with Crippen molar-refractivity contribution in [2.75, 3.05) is 13.1 Å². The van der Waals surface area contributed by atoms with Crippen LogP contribution in [0.15, 0.2) is 0 Å². The molecule has 2 saturated heterocycles. The van der Waals surface area contributed by atoms with Crippen molar-refractivity contribution >= 4 is 8.32 Å². The van der Waals surface area contributed by atoms with Gasteiger partial charge in [-0.15, -0.1) is 0 Å². The highest BCUT2D eigenvalue weighted by atomic mass is 28.4. The van der Waals surface area contributed by atoms with Crippen LogP contribution in [-0.2, 0) is 4.43 Å². The summed E-state index contributed by atoms with van der Waals surface area (Å²) in [5.41, 5.74) is 0. The normalized spacial score (nSPS) is 30.3. The molecule has 2 heterocycles. The van der Waals surface area contributed by atoms with Crippen LogP contribution in [0.5, 0.6) is 0 Å². The molecular formula is C19H46N2O2Si. The van der Waals surface area contributed by atoms with Crippen LogP contribution >= 0.6 is 0 Å². The fourth-order valence-corrected chi connectivity index (χ4v) is 3.86. The van der Waals surface area contributed by atoms with Crippen LogP contribution in [0.4, 0.5) is 0 Å². The average Bonchev–Trinajstić information content (AvgIpc) is 2.98. The maximum atomic E-state index is 8.84. The summed E-state index contributed by atoms with van der Waals surface area (Å²) < 4.78 is 12.5. The van der Waals surface area contributed by atoms with E-state index in [0.29, 0.717) is 30.1 Å². The minimum absolute atomic E-state index is 0. The molecule has 0 radical (unpaired) electrons. The third-order valence-corrected chi connectivity index (χ3v) is 9.44. The number of nitrogens with one attached hydrogen (secondary N) is 2. The van der Waals surface area contributed by atoms with Crippen LogP contribution < -0.4 is 10.6 Å². The third kappa shape index (κ3) is 9.52. The predicted octanol–water partition coefficient (Wildman–Crippen LogP) is 4.15. The summed E-state index contributed by atoms with van der Waals surface area (Å²) in [5.74, 6) is 0. The van der Waals surface area contributed by atoms with E-state index in [1.54, 1.807) is 6.92 Å². The quantitative estimate of drug-likeness (QED) is 0.645. The summed E-state index contributed by atoms with van der Waals surface area (Å²) in [7, 11) is -1.54. The number of aliphatic hydroxyl groups is 1. The lowest BCUT2D eigenvalue weighted by atomic mass is 10.2. The third-order valence-electron chi connectivity index (χ3n) is 4.91. The Kier molecular flexibility index (Phi) is 11.7. The maximum Gasteiger partial charge on any atom is 0.192 e. The Hall–Kier alpha value is 0.0569. The van der Waals surface area contributed by atoms with Gasteiger partial charge >= 0.3 is 0 Å². The van der Waals surface area contributed by atoms with Gasteiger partial charge in [0.1, 0.15) is 0 Å². The van der Waals surface area contributed by atoms with E-state index < -0.39 is 8.32 Å². The molecule has 0 aliphatic carbocycles. The fraction of sp³-hybridized carbons (Fsp3) is 1.00. The molecule has 2 fully saturated rings. The highest BCUT2D eigenvalue weighted by Gasteiger charge is 2.40. The Bertz CT molecular complexity index is 330. The minimum atomic E-state index is -1.54. The first kappa shape index (κ1) is 24.1. The number of rotatable bonds is 2. The molecule has 3 N–H and O–H groups in total. The molecule has 0 aromatic heterocycles. The Balaban J connectivity index is 0. The van der Waals surface area contributed by atoms with Gasteiger partial charge in [0.25, 0.3) is 0 Å². The van der Waals surface area contributed by atoms with Crippen LogP contribution in [0.1, 0.15) is 70.1 Å². The van der Waals surface area contributed by atoms with Crippen molar-refractivity contribution in [1.82, 2.24) is 10.6 Å². The van der Waals surface area contributed by atoms with Gasteiger partial charge in [-0.2, -0.15) is 0 Å². The number of hydrogen-bond donors (Lipinski definition) is 3. The number of aliphatic hydroxyl groups excluding tert-OH is 1. The van der Waals surface area contributed by atoms with Crippen molar-refractivity contribution < 1.29 is 10.9 Å². The molecular weight excluding hydrogens is 316 g/mol. The van der Waals surface area contributed by atoms with E-state index in [2.05, 4.69) is 58.3 Å². The van der Waals surface area contributed by atoms with Crippen LogP contribution in [0.25, 0.3) is 0 Å². The highest BCUT2D eigenvalue weighted by Crippen LogP contribution is 2.38. The molecule has 0 unspecified atom stereocenters. The molecule has 0 saturated carbocycles. The van der Waals surface area contributed by atoms with Gasteiger partial charge in [0, 0.05) is 26.5 Å². The number of hydrogen-bond acceptors (Lipinski definition) is 4. The molecule has 0 spiro atoms. The van der Waals surface area contributed by atoms with E-state index in [-0.39, 0.29) is 13.5 Å². The molecule has 2 aliphatic heterocycles. The van der Waals surface area contributed by atoms with E-state index in [1.807, 2.05) is 0 Å². The van der Waals surface area contributed by atoms with Crippen LogP contribution in [0, 0.1) is 0 Å². The van der Waals surface area contributed by atoms with Crippen molar-refractivity contribution in [2.24, 2.45) is 0 Å². The van der Waals surface area contributed by atoms with Crippen molar-refractivity contribution in [2.45, 2.75) is 111 Å². The zero-order valence-corrected chi connectivity index (χ0v) is 17.7. The lowest BCUT2D eigenvalue weighted by Crippen LogP contribution is -2.44. The molecule has 0 aromatic rings. The molecule has 4 nitrogen and oxygen atoms in total.